The van der Waals surface area contributed by atoms with Gasteiger partial charge < -0.3 is 10.2 Å². The van der Waals surface area contributed by atoms with E-state index in [1.54, 1.807) is 7.05 Å². The van der Waals surface area contributed by atoms with Gasteiger partial charge in [0.05, 0.1) is 0 Å². The molecule has 1 aromatic rings. The van der Waals surface area contributed by atoms with Gasteiger partial charge in [-0.3, -0.25) is 0 Å². The van der Waals surface area contributed by atoms with Crippen LogP contribution in [0.5, 0.6) is 0 Å². The van der Waals surface area contributed by atoms with Crippen LogP contribution in [0.3, 0.4) is 0 Å². The molecule has 92 valence electrons. The van der Waals surface area contributed by atoms with Gasteiger partial charge in [-0.2, -0.15) is 0 Å². The number of hydrogen-bond acceptors (Lipinski definition) is 1. The maximum atomic E-state index is 5.12. The molecule has 3 nitrogen and oxygen atoms in total. The number of thiocarbonyl (C=S) groups is 1. The molecule has 0 unspecified atom stereocenters. The maximum absolute atomic E-state index is 5.12. The quantitative estimate of drug-likeness (QED) is 0.506. The van der Waals surface area contributed by atoms with E-state index in [-0.39, 0.29) is 0 Å². The topological polar surface area (TPSA) is 27.6 Å². The summed E-state index contributed by atoms with van der Waals surface area (Å²) in [4.78, 5) is 6.66. The molecule has 0 aromatic heterocycles. The first-order chi connectivity index (χ1) is 8.22. The van der Waals surface area contributed by atoms with Crippen LogP contribution in [0.25, 0.3) is 0 Å². The lowest BCUT2D eigenvalue weighted by Gasteiger charge is -2.23. The normalized spacial score (nSPS) is 11.1. The van der Waals surface area contributed by atoms with Crippen molar-refractivity contribution in [3.05, 3.63) is 35.9 Å². The third-order valence-electron chi connectivity index (χ3n) is 2.52. The molecule has 0 aliphatic rings. The summed E-state index contributed by atoms with van der Waals surface area (Å²) < 4.78 is 0. The Morgan fingerprint density at radius 2 is 1.82 bits per heavy atom. The number of aliphatic imine (C=N–C) groups is 1. The second kappa shape index (κ2) is 7.01. The van der Waals surface area contributed by atoms with Gasteiger partial charge in [-0.25, -0.2) is 4.99 Å². The van der Waals surface area contributed by atoms with Crippen LogP contribution in [0.1, 0.15) is 19.4 Å². The summed E-state index contributed by atoms with van der Waals surface area (Å²) in [6, 6.07) is 10.1. The zero-order valence-corrected chi connectivity index (χ0v) is 11.4. The highest BCUT2D eigenvalue weighted by Gasteiger charge is 2.10. The zero-order chi connectivity index (χ0) is 12.7. The summed E-state index contributed by atoms with van der Waals surface area (Å²) in [7, 11) is 1.79. The fourth-order valence-corrected chi connectivity index (χ4v) is 1.67. The van der Waals surface area contributed by atoms with Crippen molar-refractivity contribution in [3.8, 4) is 0 Å². The SMILES string of the molecule is CCN(CC)/C(=N/C(=S)NC)c1ccccc1. The highest BCUT2D eigenvalue weighted by atomic mass is 32.1. The largest absolute Gasteiger partial charge is 0.364 e. The Labute approximate surface area is 109 Å². The average molecular weight is 249 g/mol. The lowest BCUT2D eigenvalue weighted by molar-refractivity contribution is 0.467. The molecule has 0 aliphatic carbocycles. The molecule has 0 spiro atoms. The molecule has 0 atom stereocenters. The summed E-state index contributed by atoms with van der Waals surface area (Å²) in [5.74, 6) is 0.926. The number of amidine groups is 1. The van der Waals surface area contributed by atoms with E-state index >= 15 is 0 Å². The molecule has 1 aromatic carbocycles. The third-order valence-corrected chi connectivity index (χ3v) is 2.81. The van der Waals surface area contributed by atoms with E-state index in [2.05, 4.69) is 41.2 Å². The summed E-state index contributed by atoms with van der Waals surface area (Å²) in [6.45, 7) is 6.06. The first-order valence-corrected chi connectivity index (χ1v) is 6.24. The van der Waals surface area contributed by atoms with Gasteiger partial charge in [0, 0.05) is 25.7 Å². The molecule has 0 heterocycles. The van der Waals surface area contributed by atoms with Gasteiger partial charge in [-0.15, -0.1) is 0 Å². The molecule has 0 aliphatic heterocycles. The predicted molar refractivity (Wildman–Crippen MR) is 77.6 cm³/mol. The van der Waals surface area contributed by atoms with Crippen molar-refractivity contribution in [2.45, 2.75) is 13.8 Å². The van der Waals surface area contributed by atoms with Crippen molar-refractivity contribution in [2.24, 2.45) is 4.99 Å². The van der Waals surface area contributed by atoms with Crippen molar-refractivity contribution in [3.63, 3.8) is 0 Å². The van der Waals surface area contributed by atoms with Crippen molar-refractivity contribution in [1.82, 2.24) is 10.2 Å². The van der Waals surface area contributed by atoms with Crippen molar-refractivity contribution < 1.29 is 0 Å². The lowest BCUT2D eigenvalue weighted by atomic mass is 10.2. The van der Waals surface area contributed by atoms with Gasteiger partial charge in [0.2, 0.25) is 0 Å². The van der Waals surface area contributed by atoms with E-state index in [0.29, 0.717) is 5.11 Å². The van der Waals surface area contributed by atoms with Crippen LogP contribution in [0, 0.1) is 0 Å². The molecular weight excluding hydrogens is 230 g/mol. The summed E-state index contributed by atoms with van der Waals surface area (Å²) >= 11 is 5.12. The number of rotatable bonds is 3. The Hall–Kier alpha value is -1.42. The van der Waals surface area contributed by atoms with Crippen LogP contribution < -0.4 is 5.32 Å². The van der Waals surface area contributed by atoms with E-state index in [9.17, 15) is 0 Å². The van der Waals surface area contributed by atoms with Crippen LogP contribution in [-0.4, -0.2) is 36.0 Å². The fourth-order valence-electron chi connectivity index (χ4n) is 1.58. The molecule has 0 saturated carbocycles. The molecule has 0 radical (unpaired) electrons. The minimum Gasteiger partial charge on any atom is -0.364 e. The smallest absolute Gasteiger partial charge is 0.194 e. The van der Waals surface area contributed by atoms with Crippen LogP contribution >= 0.6 is 12.2 Å². The molecule has 1 rings (SSSR count). The van der Waals surface area contributed by atoms with Gasteiger partial charge in [-0.05, 0) is 26.1 Å². The van der Waals surface area contributed by atoms with E-state index < -0.39 is 0 Å². The Morgan fingerprint density at radius 1 is 1.24 bits per heavy atom. The minimum atomic E-state index is 0.510. The molecule has 0 amide bonds. The molecule has 1 N–H and O–H groups in total. The van der Waals surface area contributed by atoms with Gasteiger partial charge >= 0.3 is 0 Å². The van der Waals surface area contributed by atoms with Crippen LogP contribution in [0.15, 0.2) is 35.3 Å². The lowest BCUT2D eigenvalue weighted by Crippen LogP contribution is -2.33. The molecule has 0 fully saturated rings. The van der Waals surface area contributed by atoms with Crippen molar-refractivity contribution in [1.29, 1.82) is 0 Å². The maximum Gasteiger partial charge on any atom is 0.194 e. The van der Waals surface area contributed by atoms with Crippen LogP contribution in [0.4, 0.5) is 0 Å². The zero-order valence-electron chi connectivity index (χ0n) is 10.6. The van der Waals surface area contributed by atoms with Crippen molar-refractivity contribution in [2.75, 3.05) is 20.1 Å². The minimum absolute atomic E-state index is 0.510. The summed E-state index contributed by atoms with van der Waals surface area (Å²) in [6.07, 6.45) is 0. The monoisotopic (exact) mass is 249 g/mol. The Balaban J connectivity index is 3.11. The summed E-state index contributed by atoms with van der Waals surface area (Å²) in [5, 5.41) is 3.40. The van der Waals surface area contributed by atoms with Crippen LogP contribution in [0.2, 0.25) is 0 Å². The molecular formula is C13H19N3S. The average Bonchev–Trinajstić information content (AvgIpc) is 2.39. The van der Waals surface area contributed by atoms with Crippen molar-refractivity contribution >= 4 is 23.2 Å². The van der Waals surface area contributed by atoms with Gasteiger partial charge in [0.25, 0.3) is 0 Å². The second-order valence-electron chi connectivity index (χ2n) is 3.53. The molecule has 17 heavy (non-hydrogen) atoms. The van der Waals surface area contributed by atoms with Gasteiger partial charge in [0.15, 0.2) is 5.11 Å². The second-order valence-corrected chi connectivity index (χ2v) is 3.92. The standard InChI is InChI=1S/C13H19N3S/c1-4-16(5-2)12(15-13(17)14-3)11-9-7-6-8-10-11/h6-10H,4-5H2,1-3H3,(H,14,17)/b15-12+. The highest BCUT2D eigenvalue weighted by molar-refractivity contribution is 7.80. The predicted octanol–water partition coefficient (Wildman–Crippen LogP) is 2.28. The van der Waals surface area contributed by atoms with Gasteiger partial charge in [-0.1, -0.05) is 30.3 Å². The number of nitrogens with one attached hydrogen (secondary N) is 1. The van der Waals surface area contributed by atoms with E-state index in [4.69, 9.17) is 12.2 Å². The Morgan fingerprint density at radius 3 is 2.29 bits per heavy atom. The summed E-state index contributed by atoms with van der Waals surface area (Å²) in [5.41, 5.74) is 1.09. The van der Waals surface area contributed by atoms with E-state index in [1.165, 1.54) is 0 Å². The van der Waals surface area contributed by atoms with E-state index in [1.807, 2.05) is 18.2 Å². The number of hydrogen-bond donors (Lipinski definition) is 1. The van der Waals surface area contributed by atoms with Gasteiger partial charge in [0.1, 0.15) is 5.84 Å². The van der Waals surface area contributed by atoms with E-state index in [0.717, 1.165) is 24.5 Å². The molecule has 0 saturated heterocycles. The third kappa shape index (κ3) is 3.82. The van der Waals surface area contributed by atoms with Crippen LogP contribution in [-0.2, 0) is 0 Å². The first-order valence-electron chi connectivity index (χ1n) is 5.83. The Bertz CT molecular complexity index is 383. The Kier molecular flexibility index (Phi) is 5.63. The number of benzene rings is 1. The molecule has 0 bridgehead atoms. The first kappa shape index (κ1) is 13.6. The molecule has 4 heteroatoms. The fraction of sp³-hybridized carbons (Fsp3) is 0.385. The highest BCUT2D eigenvalue weighted by Crippen LogP contribution is 2.06. The number of nitrogens with zero attached hydrogens (tertiary/aromatic N) is 2.